The normalized spacial score (nSPS) is 11.0. The minimum atomic E-state index is -3.13. The number of rotatable bonds is 12. The molecule has 0 aliphatic heterocycles. The van der Waals surface area contributed by atoms with Crippen molar-refractivity contribution >= 4 is 101 Å². The van der Waals surface area contributed by atoms with Crippen LogP contribution in [0.5, 0.6) is 17.2 Å². The summed E-state index contributed by atoms with van der Waals surface area (Å²) in [4.78, 5) is 46.1. The van der Waals surface area contributed by atoms with Gasteiger partial charge in [-0.3, -0.25) is 19.2 Å². The molecule has 286 valence electrons. The van der Waals surface area contributed by atoms with Gasteiger partial charge in [0.1, 0.15) is 28.8 Å². The Morgan fingerprint density at radius 3 is 1.58 bits per heavy atom. The van der Waals surface area contributed by atoms with Crippen LogP contribution in [0, 0.1) is 0 Å². The topological polar surface area (TPSA) is 163 Å². The third-order valence-corrected chi connectivity index (χ3v) is 9.51. The monoisotopic (exact) mass is 944 g/mol. The zero-order valence-electron chi connectivity index (χ0n) is 27.5. The summed E-state index contributed by atoms with van der Waals surface area (Å²) < 4.78 is 53.5. The summed E-state index contributed by atoms with van der Waals surface area (Å²) >= 11 is 25.0. The van der Waals surface area contributed by atoms with Crippen molar-refractivity contribution in [2.24, 2.45) is 0 Å². The van der Waals surface area contributed by atoms with Gasteiger partial charge in [0, 0.05) is 17.7 Å². The Balaban J connectivity index is 0.000000212. The van der Waals surface area contributed by atoms with E-state index in [4.69, 9.17) is 63.3 Å². The van der Waals surface area contributed by atoms with Crippen LogP contribution < -0.4 is 25.1 Å². The second kappa shape index (κ2) is 18.3. The Morgan fingerprint density at radius 2 is 1.11 bits per heavy atom. The molecule has 6 aromatic rings. The average Bonchev–Trinajstić information content (AvgIpc) is 3.10. The lowest BCUT2D eigenvalue weighted by molar-refractivity contribution is -0.138. The third kappa shape index (κ3) is 10.3. The van der Waals surface area contributed by atoms with Gasteiger partial charge in [-0.1, -0.05) is 46.9 Å². The Morgan fingerprint density at radius 1 is 0.655 bits per heavy atom. The first-order valence-corrected chi connectivity index (χ1v) is 18.3. The van der Waals surface area contributed by atoms with Crippen molar-refractivity contribution in [3.63, 3.8) is 0 Å². The van der Waals surface area contributed by atoms with Crippen LogP contribution in [-0.2, 0) is 9.59 Å². The van der Waals surface area contributed by atoms with Crippen LogP contribution in [0.1, 0.15) is 12.8 Å². The molecule has 0 atom stereocenters. The van der Waals surface area contributed by atoms with Crippen molar-refractivity contribution in [1.29, 1.82) is 0 Å². The number of benzene rings is 4. The third-order valence-electron chi connectivity index (χ3n) is 7.36. The number of carboxylic acid groups (broad SMARTS) is 2. The van der Waals surface area contributed by atoms with Gasteiger partial charge in [0.25, 0.3) is 0 Å². The fraction of sp³-hybridized carbons (Fsp3) is 0.135. The van der Waals surface area contributed by atoms with E-state index in [1.807, 2.05) is 0 Å². The Labute approximate surface area is 340 Å². The van der Waals surface area contributed by atoms with Crippen LogP contribution in [0.15, 0.2) is 100 Å². The van der Waals surface area contributed by atoms with E-state index in [1.54, 1.807) is 36.4 Å². The van der Waals surface area contributed by atoms with E-state index in [0.717, 1.165) is 6.07 Å². The van der Waals surface area contributed by atoms with Gasteiger partial charge >= 0.3 is 18.6 Å². The van der Waals surface area contributed by atoms with Gasteiger partial charge < -0.3 is 33.3 Å². The molecule has 11 nitrogen and oxygen atoms in total. The smallest absolute Gasteiger partial charge is 0.387 e. The number of para-hydroxylation sites is 2. The molecule has 2 N–H and O–H groups in total. The molecule has 55 heavy (non-hydrogen) atoms. The molecule has 6 rings (SSSR count). The molecule has 0 amide bonds. The number of fused-ring (bicyclic) bond motifs is 2. The first kappa shape index (κ1) is 41.5. The van der Waals surface area contributed by atoms with Crippen LogP contribution in [0.4, 0.5) is 8.78 Å². The zero-order chi connectivity index (χ0) is 40.0. The highest BCUT2D eigenvalue weighted by Gasteiger charge is 2.20. The minimum absolute atomic E-state index is 0.0114. The van der Waals surface area contributed by atoms with Crippen LogP contribution in [0.3, 0.4) is 0 Å². The number of alkyl halides is 2. The summed E-state index contributed by atoms with van der Waals surface area (Å²) in [5.41, 5.74) is 0.121. The molecule has 2 heterocycles. The number of halogens is 7. The molecule has 2 aromatic heterocycles. The number of carboxylic acids is 2. The molecule has 0 saturated heterocycles. The summed E-state index contributed by atoms with van der Waals surface area (Å²) in [6.07, 6.45) is -0.414. The van der Waals surface area contributed by atoms with E-state index in [-0.39, 0.29) is 86.1 Å². The first-order chi connectivity index (χ1) is 26.1. The Kier molecular flexibility index (Phi) is 13.8. The Bertz CT molecular complexity index is 2540. The molecule has 0 saturated carbocycles. The summed E-state index contributed by atoms with van der Waals surface area (Å²) in [7, 11) is 0. The lowest BCUT2D eigenvalue weighted by Gasteiger charge is -2.15. The van der Waals surface area contributed by atoms with Crippen molar-refractivity contribution < 1.29 is 51.6 Å². The predicted molar refractivity (Wildman–Crippen MR) is 208 cm³/mol. The first-order valence-electron chi connectivity index (χ1n) is 15.5. The average molecular weight is 948 g/mol. The maximum absolute atomic E-state index is 12.9. The number of hydrogen-bond donors (Lipinski definition) is 2. The van der Waals surface area contributed by atoms with E-state index in [1.165, 1.54) is 30.3 Å². The molecular formula is C37H23Br2Cl3F2O11. The van der Waals surface area contributed by atoms with Crippen molar-refractivity contribution in [1.82, 2.24) is 0 Å². The van der Waals surface area contributed by atoms with Gasteiger partial charge in [-0.2, -0.15) is 8.78 Å². The SMILES string of the molecule is O=C(O)CCOc1cc(-c2cc(=O)c3cccc(Cl)c3o2)c(Cl)cc1Br.O=C(O)CCOc1cc(-c2cc(=O)c3cccc(Cl)c3o2)c(OC(F)F)cc1Br. The predicted octanol–water partition coefficient (Wildman–Crippen LogP) is 10.7. The largest absolute Gasteiger partial charge is 0.492 e. The summed E-state index contributed by atoms with van der Waals surface area (Å²) in [5.74, 6) is -1.60. The van der Waals surface area contributed by atoms with E-state index in [2.05, 4.69) is 36.6 Å². The molecule has 0 spiro atoms. The van der Waals surface area contributed by atoms with Gasteiger partial charge in [0.15, 0.2) is 22.0 Å². The summed E-state index contributed by atoms with van der Waals surface area (Å²) in [5, 5.41) is 18.9. The van der Waals surface area contributed by atoms with Crippen molar-refractivity contribution in [2.75, 3.05) is 13.2 Å². The van der Waals surface area contributed by atoms with Crippen molar-refractivity contribution in [2.45, 2.75) is 19.5 Å². The minimum Gasteiger partial charge on any atom is -0.492 e. The van der Waals surface area contributed by atoms with Gasteiger partial charge in [-0.05, 0) is 80.4 Å². The molecule has 4 aromatic carbocycles. The molecule has 0 aliphatic rings. The van der Waals surface area contributed by atoms with Gasteiger partial charge in [0.05, 0.1) is 66.4 Å². The number of aliphatic carboxylic acids is 2. The van der Waals surface area contributed by atoms with E-state index < -0.39 is 24.0 Å². The standard InChI is InChI=1S/C19H12BrClF2O6.C18H11BrCl2O5/c20-11-7-14(29-19(22)23)10(6-16(11)27-5-4-17(25)26)15-8-13(24)9-2-1-3-12(21)18(9)28-15;19-11-7-13(21)10(6-16(11)25-5-4-17(23)24)15-8-14(22)9-2-1-3-12(20)18(9)26-15/h1-3,6-8,19H,4-5H2,(H,25,26);1-3,6-8H,4-5H2,(H,23,24). The highest BCUT2D eigenvalue weighted by Crippen LogP contribution is 2.41. The van der Waals surface area contributed by atoms with Gasteiger partial charge in [-0.15, -0.1) is 0 Å². The molecule has 0 bridgehead atoms. The molecule has 0 aliphatic carbocycles. The van der Waals surface area contributed by atoms with E-state index in [9.17, 15) is 28.0 Å². The zero-order valence-corrected chi connectivity index (χ0v) is 33.0. The summed E-state index contributed by atoms with van der Waals surface area (Å²) in [6.45, 7) is -3.30. The maximum Gasteiger partial charge on any atom is 0.387 e. The lowest BCUT2D eigenvalue weighted by Crippen LogP contribution is -2.07. The molecule has 0 fully saturated rings. The number of hydrogen-bond acceptors (Lipinski definition) is 9. The fourth-order valence-corrected chi connectivity index (χ4v) is 6.62. The summed E-state index contributed by atoms with van der Waals surface area (Å²) in [6, 6.07) is 17.7. The fourth-order valence-electron chi connectivity index (χ4n) is 4.91. The molecule has 0 unspecified atom stereocenters. The number of ether oxygens (including phenoxy) is 3. The van der Waals surface area contributed by atoms with Crippen LogP contribution in [0.2, 0.25) is 15.1 Å². The Hall–Kier alpha value is -4.67. The lowest BCUT2D eigenvalue weighted by atomic mass is 10.1. The van der Waals surface area contributed by atoms with Crippen LogP contribution in [-0.4, -0.2) is 42.0 Å². The second-order valence-corrected chi connectivity index (χ2v) is 14.0. The van der Waals surface area contributed by atoms with Crippen LogP contribution >= 0.6 is 66.7 Å². The van der Waals surface area contributed by atoms with Gasteiger partial charge in [0.2, 0.25) is 0 Å². The van der Waals surface area contributed by atoms with Crippen molar-refractivity contribution in [3.05, 3.63) is 117 Å². The highest BCUT2D eigenvalue weighted by atomic mass is 79.9. The maximum atomic E-state index is 12.9. The molecular weight excluding hydrogens is 925 g/mol. The van der Waals surface area contributed by atoms with E-state index >= 15 is 0 Å². The second-order valence-electron chi connectivity index (χ2n) is 11.1. The van der Waals surface area contributed by atoms with Crippen LogP contribution in [0.25, 0.3) is 44.6 Å². The number of carbonyl (C=O) groups is 2. The molecule has 18 heteroatoms. The van der Waals surface area contributed by atoms with E-state index in [0.29, 0.717) is 31.2 Å². The quantitative estimate of drug-likeness (QED) is 0.120. The van der Waals surface area contributed by atoms with Crippen molar-refractivity contribution in [3.8, 4) is 39.9 Å². The highest BCUT2D eigenvalue weighted by molar-refractivity contribution is 9.11. The molecule has 0 radical (unpaired) electrons. The van der Waals surface area contributed by atoms with Gasteiger partial charge in [-0.25, -0.2) is 0 Å².